The van der Waals surface area contributed by atoms with Crippen molar-refractivity contribution in [1.29, 1.82) is 0 Å². The molecule has 0 spiro atoms. The van der Waals surface area contributed by atoms with E-state index in [2.05, 4.69) is 10.3 Å². The molecule has 0 unspecified atom stereocenters. The minimum absolute atomic E-state index is 0.260. The van der Waals surface area contributed by atoms with Crippen LogP contribution < -0.4 is 14.8 Å². The Kier molecular flexibility index (Phi) is 3.89. The van der Waals surface area contributed by atoms with Crippen molar-refractivity contribution in [3.63, 3.8) is 0 Å². The van der Waals surface area contributed by atoms with Crippen molar-refractivity contribution in [3.8, 4) is 11.5 Å². The molecule has 118 valence electrons. The molecule has 23 heavy (non-hydrogen) atoms. The monoisotopic (exact) mass is 311 g/mol. The maximum atomic E-state index is 12.5. The molecular formula is C17H17N3O3. The summed E-state index contributed by atoms with van der Waals surface area (Å²) in [7, 11) is 4.95. The quantitative estimate of drug-likeness (QED) is 0.804. The Hall–Kier alpha value is -3.02. The van der Waals surface area contributed by atoms with Crippen LogP contribution in [0.5, 0.6) is 11.5 Å². The summed E-state index contributed by atoms with van der Waals surface area (Å²) in [5.41, 5.74) is 2.25. The van der Waals surface area contributed by atoms with Crippen LogP contribution in [0, 0.1) is 0 Å². The topological polar surface area (TPSA) is 65.4 Å². The molecule has 6 heteroatoms. The predicted molar refractivity (Wildman–Crippen MR) is 88.2 cm³/mol. The van der Waals surface area contributed by atoms with E-state index < -0.39 is 0 Å². The second kappa shape index (κ2) is 6.00. The van der Waals surface area contributed by atoms with Crippen molar-refractivity contribution in [2.24, 2.45) is 7.05 Å². The van der Waals surface area contributed by atoms with Crippen LogP contribution in [0.2, 0.25) is 0 Å². The largest absolute Gasteiger partial charge is 0.493 e. The second-order valence-corrected chi connectivity index (χ2v) is 5.01. The third-order valence-electron chi connectivity index (χ3n) is 3.66. The first-order valence-corrected chi connectivity index (χ1v) is 7.09. The first-order valence-electron chi connectivity index (χ1n) is 7.09. The number of aromatic nitrogens is 2. The predicted octanol–water partition coefficient (Wildman–Crippen LogP) is 2.84. The number of carbonyl (C=O) groups excluding carboxylic acids is 1. The number of imidazole rings is 1. The Morgan fingerprint density at radius 3 is 2.52 bits per heavy atom. The smallest absolute Gasteiger partial charge is 0.258 e. The number of carbonyl (C=O) groups is 1. The number of anilines is 1. The third kappa shape index (κ3) is 2.70. The van der Waals surface area contributed by atoms with Crippen LogP contribution in [0.1, 0.15) is 10.4 Å². The molecule has 0 bridgehead atoms. The zero-order valence-electron chi connectivity index (χ0n) is 13.2. The molecule has 1 aromatic heterocycles. The number of nitrogens with zero attached hydrogens (tertiary/aromatic N) is 2. The molecule has 1 amide bonds. The lowest BCUT2D eigenvalue weighted by Crippen LogP contribution is -2.15. The van der Waals surface area contributed by atoms with Gasteiger partial charge in [-0.2, -0.15) is 0 Å². The van der Waals surface area contributed by atoms with E-state index in [0.29, 0.717) is 23.0 Å². The van der Waals surface area contributed by atoms with Crippen LogP contribution in [-0.2, 0) is 7.05 Å². The Balaban J connectivity index is 1.90. The first-order chi connectivity index (χ1) is 11.1. The summed E-state index contributed by atoms with van der Waals surface area (Å²) >= 11 is 0. The molecule has 0 saturated carbocycles. The molecular weight excluding hydrogens is 294 g/mol. The van der Waals surface area contributed by atoms with E-state index in [-0.39, 0.29) is 5.91 Å². The van der Waals surface area contributed by atoms with E-state index in [1.807, 2.05) is 35.9 Å². The molecule has 1 heterocycles. The van der Waals surface area contributed by atoms with E-state index >= 15 is 0 Å². The van der Waals surface area contributed by atoms with Crippen molar-refractivity contribution < 1.29 is 14.3 Å². The Bertz CT molecular complexity index is 871. The van der Waals surface area contributed by atoms with Crippen LogP contribution in [0.25, 0.3) is 11.0 Å². The summed E-state index contributed by atoms with van der Waals surface area (Å²) in [6, 6.07) is 12.7. The Morgan fingerprint density at radius 1 is 1.09 bits per heavy atom. The molecule has 0 atom stereocenters. The fraction of sp³-hybridized carbons (Fsp3) is 0.176. The maximum Gasteiger partial charge on any atom is 0.258 e. The molecule has 2 aromatic carbocycles. The first kappa shape index (κ1) is 14.9. The highest BCUT2D eigenvalue weighted by atomic mass is 16.5. The average molecular weight is 311 g/mol. The van der Waals surface area contributed by atoms with Crippen LogP contribution in [0.15, 0.2) is 42.5 Å². The number of rotatable bonds is 4. The lowest BCUT2D eigenvalue weighted by atomic mass is 10.2. The van der Waals surface area contributed by atoms with Crippen molar-refractivity contribution in [1.82, 2.24) is 9.55 Å². The molecule has 1 N–H and O–H groups in total. The second-order valence-electron chi connectivity index (χ2n) is 5.01. The number of benzene rings is 2. The van der Waals surface area contributed by atoms with Crippen molar-refractivity contribution in [3.05, 3.63) is 48.0 Å². The molecule has 0 fully saturated rings. The summed E-state index contributed by atoms with van der Waals surface area (Å²) < 4.78 is 12.2. The number of hydrogen-bond donors (Lipinski definition) is 1. The van der Waals surface area contributed by atoms with Gasteiger partial charge >= 0.3 is 0 Å². The van der Waals surface area contributed by atoms with E-state index in [1.54, 1.807) is 25.3 Å². The lowest BCUT2D eigenvalue weighted by molar-refractivity contribution is 0.102. The average Bonchev–Trinajstić information content (AvgIpc) is 2.90. The number of nitrogens with one attached hydrogen (secondary N) is 1. The summed E-state index contributed by atoms with van der Waals surface area (Å²) in [4.78, 5) is 16.9. The summed E-state index contributed by atoms with van der Waals surface area (Å²) in [6.07, 6.45) is 0. The molecule has 3 rings (SSSR count). The van der Waals surface area contributed by atoms with E-state index in [9.17, 15) is 4.79 Å². The fourth-order valence-corrected chi connectivity index (χ4v) is 2.41. The molecule has 3 aromatic rings. The summed E-state index contributed by atoms with van der Waals surface area (Å²) in [5, 5.41) is 2.82. The van der Waals surface area contributed by atoms with Gasteiger partial charge in [0.2, 0.25) is 5.95 Å². The molecule has 0 radical (unpaired) electrons. The highest BCUT2D eigenvalue weighted by molar-refractivity contribution is 6.04. The van der Waals surface area contributed by atoms with Crippen molar-refractivity contribution >= 4 is 22.9 Å². The number of methoxy groups -OCH3 is 2. The van der Waals surface area contributed by atoms with Gasteiger partial charge in [0.1, 0.15) is 0 Å². The Morgan fingerprint density at radius 2 is 1.83 bits per heavy atom. The van der Waals surface area contributed by atoms with Gasteiger partial charge in [-0.25, -0.2) is 4.98 Å². The molecule has 0 saturated heterocycles. The number of aryl methyl sites for hydroxylation is 1. The van der Waals surface area contributed by atoms with E-state index in [1.165, 1.54) is 7.11 Å². The van der Waals surface area contributed by atoms with Gasteiger partial charge in [-0.05, 0) is 30.3 Å². The summed E-state index contributed by atoms with van der Waals surface area (Å²) in [6.45, 7) is 0. The summed E-state index contributed by atoms with van der Waals surface area (Å²) in [5.74, 6) is 1.31. The van der Waals surface area contributed by atoms with Gasteiger partial charge in [0, 0.05) is 12.6 Å². The van der Waals surface area contributed by atoms with Gasteiger partial charge in [0.05, 0.1) is 25.3 Å². The maximum absolute atomic E-state index is 12.5. The van der Waals surface area contributed by atoms with Gasteiger partial charge in [-0.1, -0.05) is 12.1 Å². The molecule has 0 aliphatic rings. The standard InChI is InChI=1S/C17H17N3O3/c1-20-13-7-5-4-6-12(13)18-17(20)19-16(21)11-8-9-14(22-2)15(10-11)23-3/h4-10H,1-3H3,(H,18,19,21). The fourth-order valence-electron chi connectivity index (χ4n) is 2.41. The van der Waals surface area contributed by atoms with Gasteiger partial charge in [-0.15, -0.1) is 0 Å². The SMILES string of the molecule is COc1ccc(C(=O)Nc2nc3ccccc3n2C)cc1OC. The highest BCUT2D eigenvalue weighted by Gasteiger charge is 2.14. The molecule has 0 aliphatic heterocycles. The lowest BCUT2D eigenvalue weighted by Gasteiger charge is -2.10. The molecule has 6 nitrogen and oxygen atoms in total. The van der Waals surface area contributed by atoms with Crippen molar-refractivity contribution in [2.75, 3.05) is 19.5 Å². The Labute approximate surface area is 133 Å². The van der Waals surface area contributed by atoms with Crippen LogP contribution in [0.4, 0.5) is 5.95 Å². The number of hydrogen-bond acceptors (Lipinski definition) is 4. The minimum atomic E-state index is -0.260. The van der Waals surface area contributed by atoms with Crippen LogP contribution in [0.3, 0.4) is 0 Å². The minimum Gasteiger partial charge on any atom is -0.493 e. The van der Waals surface area contributed by atoms with Gasteiger partial charge in [0.15, 0.2) is 11.5 Å². The normalized spacial score (nSPS) is 10.6. The zero-order chi connectivity index (χ0) is 16.4. The number of ether oxygens (including phenoxy) is 2. The highest BCUT2D eigenvalue weighted by Crippen LogP contribution is 2.28. The van der Waals surface area contributed by atoms with Gasteiger partial charge in [-0.3, -0.25) is 10.1 Å². The van der Waals surface area contributed by atoms with E-state index in [0.717, 1.165) is 11.0 Å². The van der Waals surface area contributed by atoms with Crippen molar-refractivity contribution in [2.45, 2.75) is 0 Å². The third-order valence-corrected chi connectivity index (χ3v) is 3.66. The zero-order valence-corrected chi connectivity index (χ0v) is 13.2. The molecule has 0 aliphatic carbocycles. The van der Waals surface area contributed by atoms with Gasteiger partial charge < -0.3 is 14.0 Å². The van der Waals surface area contributed by atoms with Gasteiger partial charge in [0.25, 0.3) is 5.91 Å². The number of amides is 1. The van der Waals surface area contributed by atoms with E-state index in [4.69, 9.17) is 9.47 Å². The van der Waals surface area contributed by atoms with Crippen LogP contribution >= 0.6 is 0 Å². The number of para-hydroxylation sites is 2. The van der Waals surface area contributed by atoms with Crippen LogP contribution in [-0.4, -0.2) is 29.7 Å². The number of fused-ring (bicyclic) bond motifs is 1.